The number of nitrogens with one attached hydrogen (secondary N) is 1. The summed E-state index contributed by atoms with van der Waals surface area (Å²) in [6.45, 7) is 3.66. The van der Waals surface area contributed by atoms with Crippen LogP contribution in [0.1, 0.15) is 17.2 Å². The fraction of sp³-hybridized carbons (Fsp3) is 0.294. The zero-order chi connectivity index (χ0) is 13.8. The second-order valence-electron chi connectivity index (χ2n) is 5.25. The molecule has 104 valence electrons. The van der Waals surface area contributed by atoms with Crippen molar-refractivity contribution in [2.45, 2.75) is 12.6 Å². The molecular formula is C17H19FN2. The molecule has 3 heteroatoms. The van der Waals surface area contributed by atoms with Crippen molar-refractivity contribution in [2.75, 3.05) is 19.6 Å². The van der Waals surface area contributed by atoms with Crippen molar-refractivity contribution in [3.8, 4) is 0 Å². The topological polar surface area (TPSA) is 15.3 Å². The molecule has 0 radical (unpaired) electrons. The molecule has 2 aromatic rings. The van der Waals surface area contributed by atoms with Crippen LogP contribution in [0.5, 0.6) is 0 Å². The van der Waals surface area contributed by atoms with Crippen molar-refractivity contribution >= 4 is 0 Å². The lowest BCUT2D eigenvalue weighted by Crippen LogP contribution is -2.45. The third-order valence-electron chi connectivity index (χ3n) is 3.79. The van der Waals surface area contributed by atoms with Gasteiger partial charge in [-0.3, -0.25) is 4.90 Å². The lowest BCUT2D eigenvalue weighted by atomic mass is 10.0. The summed E-state index contributed by atoms with van der Waals surface area (Å²) in [7, 11) is 0. The fourth-order valence-corrected chi connectivity index (χ4v) is 2.76. The molecule has 1 aliphatic heterocycles. The van der Waals surface area contributed by atoms with E-state index in [1.54, 1.807) is 6.07 Å². The number of rotatable bonds is 3. The Bertz CT molecular complexity index is 556. The number of halogens is 1. The van der Waals surface area contributed by atoms with Crippen LogP contribution >= 0.6 is 0 Å². The summed E-state index contributed by atoms with van der Waals surface area (Å²) in [4.78, 5) is 2.38. The predicted octanol–water partition coefficient (Wildman–Crippen LogP) is 2.97. The van der Waals surface area contributed by atoms with Crippen LogP contribution in [-0.2, 0) is 6.54 Å². The van der Waals surface area contributed by atoms with Crippen LogP contribution in [0.15, 0.2) is 54.6 Å². The minimum absolute atomic E-state index is 0.0775. The number of nitrogens with zero attached hydrogens (tertiary/aromatic N) is 1. The standard InChI is InChI=1S/C17H19FN2/c18-16-9-5-4-8-15(16)17-13-20(11-10-19-17)12-14-6-2-1-3-7-14/h1-9,17,19H,10-13H2/t17-/m0/s1. The minimum Gasteiger partial charge on any atom is -0.307 e. The summed E-state index contributed by atoms with van der Waals surface area (Å²) in [5, 5.41) is 3.41. The van der Waals surface area contributed by atoms with E-state index in [-0.39, 0.29) is 11.9 Å². The van der Waals surface area contributed by atoms with Crippen LogP contribution in [0.25, 0.3) is 0 Å². The Balaban J connectivity index is 1.69. The van der Waals surface area contributed by atoms with Gasteiger partial charge < -0.3 is 5.32 Å². The monoisotopic (exact) mass is 270 g/mol. The summed E-state index contributed by atoms with van der Waals surface area (Å²) in [5.41, 5.74) is 2.08. The van der Waals surface area contributed by atoms with Crippen molar-refractivity contribution in [3.05, 3.63) is 71.5 Å². The Hall–Kier alpha value is -1.71. The molecule has 0 bridgehead atoms. The van der Waals surface area contributed by atoms with E-state index >= 15 is 0 Å². The first-order chi connectivity index (χ1) is 9.83. The van der Waals surface area contributed by atoms with Gasteiger partial charge in [-0.15, -0.1) is 0 Å². The Morgan fingerprint density at radius 3 is 2.60 bits per heavy atom. The van der Waals surface area contributed by atoms with Crippen molar-refractivity contribution in [3.63, 3.8) is 0 Å². The van der Waals surface area contributed by atoms with Crippen molar-refractivity contribution in [1.29, 1.82) is 0 Å². The minimum atomic E-state index is -0.119. The van der Waals surface area contributed by atoms with Gasteiger partial charge in [0.25, 0.3) is 0 Å². The number of hydrogen-bond donors (Lipinski definition) is 1. The molecular weight excluding hydrogens is 251 g/mol. The van der Waals surface area contributed by atoms with E-state index in [0.717, 1.165) is 31.7 Å². The molecule has 0 aliphatic carbocycles. The summed E-state index contributed by atoms with van der Waals surface area (Å²) in [6, 6.07) is 17.6. The second-order valence-corrected chi connectivity index (χ2v) is 5.25. The van der Waals surface area contributed by atoms with Crippen LogP contribution in [0.2, 0.25) is 0 Å². The summed E-state index contributed by atoms with van der Waals surface area (Å²) in [6.07, 6.45) is 0. The summed E-state index contributed by atoms with van der Waals surface area (Å²) >= 11 is 0. The Kier molecular flexibility index (Phi) is 4.09. The molecule has 1 aliphatic rings. The van der Waals surface area contributed by atoms with E-state index in [4.69, 9.17) is 0 Å². The van der Waals surface area contributed by atoms with E-state index in [1.165, 1.54) is 11.6 Å². The normalized spacial score (nSPS) is 19.9. The molecule has 1 saturated heterocycles. The van der Waals surface area contributed by atoms with E-state index in [2.05, 4.69) is 34.5 Å². The predicted molar refractivity (Wildman–Crippen MR) is 78.9 cm³/mol. The third-order valence-corrected chi connectivity index (χ3v) is 3.79. The van der Waals surface area contributed by atoms with E-state index < -0.39 is 0 Å². The van der Waals surface area contributed by atoms with Gasteiger partial charge >= 0.3 is 0 Å². The maximum atomic E-state index is 13.9. The molecule has 1 atom stereocenters. The largest absolute Gasteiger partial charge is 0.307 e. The molecule has 0 spiro atoms. The van der Waals surface area contributed by atoms with Gasteiger partial charge in [-0.25, -0.2) is 4.39 Å². The quantitative estimate of drug-likeness (QED) is 0.922. The smallest absolute Gasteiger partial charge is 0.128 e. The molecule has 2 nitrogen and oxygen atoms in total. The van der Waals surface area contributed by atoms with Gasteiger partial charge in [0, 0.05) is 37.8 Å². The van der Waals surface area contributed by atoms with Gasteiger partial charge in [0.1, 0.15) is 5.82 Å². The van der Waals surface area contributed by atoms with E-state index in [1.807, 2.05) is 18.2 Å². The molecule has 0 amide bonds. The van der Waals surface area contributed by atoms with Gasteiger partial charge in [-0.2, -0.15) is 0 Å². The van der Waals surface area contributed by atoms with Crippen LogP contribution in [-0.4, -0.2) is 24.5 Å². The highest BCUT2D eigenvalue weighted by Gasteiger charge is 2.22. The Labute approximate surface area is 119 Å². The lowest BCUT2D eigenvalue weighted by Gasteiger charge is -2.34. The fourth-order valence-electron chi connectivity index (χ4n) is 2.76. The highest BCUT2D eigenvalue weighted by Crippen LogP contribution is 2.21. The molecule has 0 unspecified atom stereocenters. The first-order valence-corrected chi connectivity index (χ1v) is 7.07. The molecule has 3 rings (SSSR count). The Morgan fingerprint density at radius 1 is 1.05 bits per heavy atom. The van der Waals surface area contributed by atoms with E-state index in [0.29, 0.717) is 0 Å². The average molecular weight is 270 g/mol. The summed E-state index contributed by atoms with van der Waals surface area (Å²) < 4.78 is 13.9. The van der Waals surface area contributed by atoms with Crippen molar-refractivity contribution in [2.24, 2.45) is 0 Å². The highest BCUT2D eigenvalue weighted by atomic mass is 19.1. The van der Waals surface area contributed by atoms with Crippen molar-refractivity contribution < 1.29 is 4.39 Å². The molecule has 0 aromatic heterocycles. The molecule has 1 N–H and O–H groups in total. The number of benzene rings is 2. The maximum absolute atomic E-state index is 13.9. The number of hydrogen-bond acceptors (Lipinski definition) is 2. The Morgan fingerprint density at radius 2 is 1.80 bits per heavy atom. The molecule has 1 heterocycles. The molecule has 20 heavy (non-hydrogen) atoms. The molecule has 1 fully saturated rings. The first-order valence-electron chi connectivity index (χ1n) is 7.07. The molecule has 0 saturated carbocycles. The van der Waals surface area contributed by atoms with Crippen LogP contribution in [0.4, 0.5) is 4.39 Å². The van der Waals surface area contributed by atoms with Gasteiger partial charge in [-0.05, 0) is 11.6 Å². The van der Waals surface area contributed by atoms with Gasteiger partial charge in [-0.1, -0.05) is 48.5 Å². The zero-order valence-electron chi connectivity index (χ0n) is 11.4. The maximum Gasteiger partial charge on any atom is 0.128 e. The third kappa shape index (κ3) is 3.06. The highest BCUT2D eigenvalue weighted by molar-refractivity contribution is 5.22. The molecule has 2 aromatic carbocycles. The second kappa shape index (κ2) is 6.16. The zero-order valence-corrected chi connectivity index (χ0v) is 11.4. The van der Waals surface area contributed by atoms with E-state index in [9.17, 15) is 4.39 Å². The van der Waals surface area contributed by atoms with Crippen LogP contribution in [0.3, 0.4) is 0 Å². The van der Waals surface area contributed by atoms with Crippen LogP contribution < -0.4 is 5.32 Å². The van der Waals surface area contributed by atoms with Crippen molar-refractivity contribution in [1.82, 2.24) is 10.2 Å². The van der Waals surface area contributed by atoms with Gasteiger partial charge in [0.15, 0.2) is 0 Å². The lowest BCUT2D eigenvalue weighted by molar-refractivity contribution is 0.191. The van der Waals surface area contributed by atoms with Crippen LogP contribution in [0, 0.1) is 5.82 Å². The average Bonchev–Trinajstić information content (AvgIpc) is 2.49. The first kappa shape index (κ1) is 13.3. The summed E-state index contributed by atoms with van der Waals surface area (Å²) in [5.74, 6) is -0.119. The number of piperazine rings is 1. The SMILES string of the molecule is Fc1ccccc1[C@@H]1CN(Cc2ccccc2)CCN1. The van der Waals surface area contributed by atoms with Gasteiger partial charge in [0.2, 0.25) is 0 Å². The van der Waals surface area contributed by atoms with Gasteiger partial charge in [0.05, 0.1) is 0 Å².